The fraction of sp³-hybridized carbons (Fsp3) is 0.133. The lowest BCUT2D eigenvalue weighted by Crippen LogP contribution is -2.37. The highest BCUT2D eigenvalue weighted by atomic mass is 79.9. The predicted octanol–water partition coefficient (Wildman–Crippen LogP) is 3.75. The van der Waals surface area contributed by atoms with E-state index in [1.165, 1.54) is 6.07 Å². The number of rotatable bonds is 2. The summed E-state index contributed by atoms with van der Waals surface area (Å²) in [4.78, 5) is 12.3. The van der Waals surface area contributed by atoms with E-state index in [9.17, 15) is 13.6 Å². The first-order valence-electron chi connectivity index (χ1n) is 6.14. The average molecular weight is 355 g/mol. The molecule has 1 aliphatic heterocycles. The quantitative estimate of drug-likeness (QED) is 0.608. The third kappa shape index (κ3) is 2.51. The van der Waals surface area contributed by atoms with Gasteiger partial charge in [-0.25, -0.2) is 8.78 Å². The van der Waals surface area contributed by atoms with Crippen LogP contribution in [0.2, 0.25) is 0 Å². The molecule has 6 heteroatoms. The van der Waals surface area contributed by atoms with Gasteiger partial charge in [0.15, 0.2) is 23.4 Å². The Hall–Kier alpha value is -1.95. The lowest BCUT2D eigenvalue weighted by Gasteiger charge is -2.25. The normalized spacial score (nSPS) is 16.6. The Morgan fingerprint density at radius 1 is 1.14 bits per heavy atom. The van der Waals surface area contributed by atoms with Gasteiger partial charge in [0.05, 0.1) is 10.0 Å². The van der Waals surface area contributed by atoms with Crippen LogP contribution in [-0.4, -0.2) is 18.5 Å². The van der Waals surface area contributed by atoms with Gasteiger partial charge in [-0.05, 0) is 40.2 Å². The fourth-order valence-electron chi connectivity index (χ4n) is 2.06. The number of ketones is 1. The molecule has 0 amide bonds. The highest BCUT2D eigenvalue weighted by Gasteiger charge is 2.32. The zero-order chi connectivity index (χ0) is 15.0. The molecule has 2 aromatic carbocycles. The second-order valence-corrected chi connectivity index (χ2v) is 5.30. The number of benzene rings is 2. The second-order valence-electron chi connectivity index (χ2n) is 4.45. The van der Waals surface area contributed by atoms with E-state index in [1.54, 1.807) is 24.3 Å². The maximum Gasteiger partial charge on any atom is 0.212 e. The summed E-state index contributed by atoms with van der Waals surface area (Å²) in [6.45, 7) is -0.0960. The van der Waals surface area contributed by atoms with E-state index in [-0.39, 0.29) is 11.1 Å². The van der Waals surface area contributed by atoms with Crippen LogP contribution in [0, 0.1) is 11.6 Å². The average Bonchev–Trinajstić information content (AvgIpc) is 2.51. The van der Waals surface area contributed by atoms with Gasteiger partial charge in [0.2, 0.25) is 5.78 Å². The van der Waals surface area contributed by atoms with E-state index in [4.69, 9.17) is 9.47 Å². The first-order chi connectivity index (χ1) is 10.1. The van der Waals surface area contributed by atoms with Gasteiger partial charge >= 0.3 is 0 Å². The monoisotopic (exact) mass is 354 g/mol. The number of carbonyl (C=O) groups excluding carboxylic acids is 1. The van der Waals surface area contributed by atoms with Crippen LogP contribution < -0.4 is 9.47 Å². The van der Waals surface area contributed by atoms with E-state index < -0.39 is 29.1 Å². The van der Waals surface area contributed by atoms with E-state index in [1.807, 2.05) is 0 Å². The van der Waals surface area contributed by atoms with Crippen molar-refractivity contribution >= 4 is 21.7 Å². The van der Waals surface area contributed by atoms with Crippen molar-refractivity contribution in [2.45, 2.75) is 6.10 Å². The molecule has 3 nitrogen and oxygen atoms in total. The van der Waals surface area contributed by atoms with Gasteiger partial charge in [0.25, 0.3) is 0 Å². The maximum absolute atomic E-state index is 14.0. The zero-order valence-electron chi connectivity index (χ0n) is 10.6. The van der Waals surface area contributed by atoms with Gasteiger partial charge in [-0.2, -0.15) is 0 Å². The Morgan fingerprint density at radius 2 is 1.86 bits per heavy atom. The molecule has 0 saturated heterocycles. The van der Waals surface area contributed by atoms with Gasteiger partial charge < -0.3 is 9.47 Å². The van der Waals surface area contributed by atoms with Crippen molar-refractivity contribution in [1.82, 2.24) is 0 Å². The van der Waals surface area contributed by atoms with E-state index in [2.05, 4.69) is 15.9 Å². The molecular formula is C15H9BrF2O3. The van der Waals surface area contributed by atoms with Crippen LogP contribution in [0.15, 0.2) is 40.9 Å². The number of hydrogen-bond acceptors (Lipinski definition) is 3. The smallest absolute Gasteiger partial charge is 0.212 e. The lowest BCUT2D eigenvalue weighted by molar-refractivity contribution is 0.0577. The molecule has 1 aliphatic rings. The summed E-state index contributed by atoms with van der Waals surface area (Å²) in [6, 6.07) is 9.03. The summed E-state index contributed by atoms with van der Waals surface area (Å²) < 4.78 is 38.6. The van der Waals surface area contributed by atoms with Crippen molar-refractivity contribution in [2.24, 2.45) is 0 Å². The Bertz CT molecular complexity index is 718. The summed E-state index contributed by atoms with van der Waals surface area (Å²) in [5, 5.41) is 0. The molecule has 0 fully saturated rings. The number of halogens is 3. The van der Waals surface area contributed by atoms with Gasteiger partial charge in [-0.1, -0.05) is 12.1 Å². The Morgan fingerprint density at radius 3 is 2.62 bits per heavy atom. The topological polar surface area (TPSA) is 35.5 Å². The molecule has 0 bridgehead atoms. The summed E-state index contributed by atoms with van der Waals surface area (Å²) in [6.07, 6.45) is -1.09. The van der Waals surface area contributed by atoms with Gasteiger partial charge in [-0.3, -0.25) is 4.79 Å². The molecule has 0 aromatic heterocycles. The number of carbonyl (C=O) groups is 1. The number of fused-ring (bicyclic) bond motifs is 1. The number of Topliss-reactive ketones (excluding diaryl/α,β-unsaturated/α-hetero) is 1. The number of para-hydroxylation sites is 2. The SMILES string of the molecule is O=C(c1c(F)ccc(Br)c1F)C1COc2ccccc2O1. The summed E-state index contributed by atoms with van der Waals surface area (Å²) in [7, 11) is 0. The molecule has 0 N–H and O–H groups in total. The van der Waals surface area contributed by atoms with Crippen LogP contribution in [0.4, 0.5) is 8.78 Å². The van der Waals surface area contributed by atoms with Gasteiger partial charge in [-0.15, -0.1) is 0 Å². The minimum Gasteiger partial charge on any atom is -0.485 e. The molecule has 1 heterocycles. The lowest BCUT2D eigenvalue weighted by atomic mass is 10.0. The van der Waals surface area contributed by atoms with Crippen LogP contribution in [-0.2, 0) is 0 Å². The molecule has 108 valence electrons. The minimum absolute atomic E-state index is 0.0179. The molecule has 1 unspecified atom stereocenters. The van der Waals surface area contributed by atoms with Crippen molar-refractivity contribution < 1.29 is 23.0 Å². The molecule has 2 aromatic rings. The Kier molecular flexibility index (Phi) is 3.63. The van der Waals surface area contributed by atoms with Crippen molar-refractivity contribution in [3.05, 3.63) is 58.1 Å². The van der Waals surface area contributed by atoms with E-state index >= 15 is 0 Å². The first kappa shape index (κ1) is 14.0. The van der Waals surface area contributed by atoms with E-state index in [0.29, 0.717) is 11.5 Å². The van der Waals surface area contributed by atoms with Crippen LogP contribution in [0.1, 0.15) is 10.4 Å². The summed E-state index contributed by atoms with van der Waals surface area (Å²) in [5.41, 5.74) is -0.627. The van der Waals surface area contributed by atoms with Crippen LogP contribution in [0.5, 0.6) is 11.5 Å². The Balaban J connectivity index is 1.93. The van der Waals surface area contributed by atoms with Crippen molar-refractivity contribution in [2.75, 3.05) is 6.61 Å². The summed E-state index contributed by atoms with van der Waals surface area (Å²) in [5.74, 6) is -1.79. The minimum atomic E-state index is -1.09. The molecule has 1 atom stereocenters. The molecule has 3 rings (SSSR count). The van der Waals surface area contributed by atoms with Crippen molar-refractivity contribution in [3.63, 3.8) is 0 Å². The molecule has 0 aliphatic carbocycles. The molecule has 21 heavy (non-hydrogen) atoms. The summed E-state index contributed by atoms with van der Waals surface area (Å²) >= 11 is 2.93. The highest BCUT2D eigenvalue weighted by Crippen LogP contribution is 2.32. The van der Waals surface area contributed by atoms with E-state index in [0.717, 1.165) is 6.07 Å². The van der Waals surface area contributed by atoms with Gasteiger partial charge in [0.1, 0.15) is 12.4 Å². The largest absolute Gasteiger partial charge is 0.485 e. The third-order valence-electron chi connectivity index (χ3n) is 3.09. The highest BCUT2D eigenvalue weighted by molar-refractivity contribution is 9.10. The maximum atomic E-state index is 14.0. The number of hydrogen-bond donors (Lipinski definition) is 0. The zero-order valence-corrected chi connectivity index (χ0v) is 12.2. The number of ether oxygens (including phenoxy) is 2. The van der Waals surface area contributed by atoms with Crippen molar-refractivity contribution in [1.29, 1.82) is 0 Å². The van der Waals surface area contributed by atoms with Crippen LogP contribution in [0.25, 0.3) is 0 Å². The van der Waals surface area contributed by atoms with Crippen LogP contribution in [0.3, 0.4) is 0 Å². The molecule has 0 spiro atoms. The second kappa shape index (κ2) is 5.44. The molecular weight excluding hydrogens is 346 g/mol. The van der Waals surface area contributed by atoms with Gasteiger partial charge in [0, 0.05) is 0 Å². The fourth-order valence-corrected chi connectivity index (χ4v) is 2.39. The standard InChI is InChI=1S/C15H9BrF2O3/c16-8-5-6-9(17)13(14(8)18)15(19)12-7-20-10-3-1-2-4-11(10)21-12/h1-6,12H,7H2. The molecule has 0 saturated carbocycles. The first-order valence-corrected chi connectivity index (χ1v) is 6.93. The molecule has 0 radical (unpaired) electrons. The third-order valence-corrected chi connectivity index (χ3v) is 3.70. The van der Waals surface area contributed by atoms with Crippen molar-refractivity contribution in [3.8, 4) is 11.5 Å². The Labute approximate surface area is 127 Å². The predicted molar refractivity (Wildman–Crippen MR) is 74.7 cm³/mol. The van der Waals surface area contributed by atoms with Crippen LogP contribution >= 0.6 is 15.9 Å².